The fraction of sp³-hybridized carbons (Fsp3) is 0.0909. The Morgan fingerprint density at radius 1 is 1.44 bits per heavy atom. The van der Waals surface area contributed by atoms with E-state index in [-0.39, 0.29) is 15.8 Å². The minimum Gasteiger partial charge on any atom is -0.505 e. The van der Waals surface area contributed by atoms with Gasteiger partial charge in [0.1, 0.15) is 0 Å². The Hall–Kier alpha value is -1.30. The van der Waals surface area contributed by atoms with Crippen LogP contribution in [0.4, 0.5) is 0 Å². The molecule has 1 rings (SSSR count). The molecule has 0 aliphatic carbocycles. The molecular formula is C11H11Cl2N3OS. The van der Waals surface area contributed by atoms with E-state index in [4.69, 9.17) is 35.4 Å². The number of nitrogens with one attached hydrogen (secondary N) is 2. The van der Waals surface area contributed by atoms with Gasteiger partial charge in [-0.15, -0.1) is 6.58 Å². The number of thiocarbonyl (C=S) groups is 1. The lowest BCUT2D eigenvalue weighted by atomic mass is 10.2. The molecule has 7 heteroatoms. The Balaban J connectivity index is 2.62. The average molecular weight is 304 g/mol. The van der Waals surface area contributed by atoms with Gasteiger partial charge in [0.2, 0.25) is 0 Å². The Labute approximate surface area is 120 Å². The van der Waals surface area contributed by atoms with Crippen molar-refractivity contribution < 1.29 is 5.11 Å². The molecule has 0 saturated carbocycles. The lowest BCUT2D eigenvalue weighted by Gasteiger charge is -2.04. The highest BCUT2D eigenvalue weighted by molar-refractivity contribution is 7.80. The maximum Gasteiger partial charge on any atom is 0.187 e. The summed E-state index contributed by atoms with van der Waals surface area (Å²) in [6.45, 7) is 4.10. The third-order valence-electron chi connectivity index (χ3n) is 1.83. The summed E-state index contributed by atoms with van der Waals surface area (Å²) >= 11 is 16.5. The van der Waals surface area contributed by atoms with Gasteiger partial charge in [-0.25, -0.2) is 0 Å². The first-order valence-electron chi connectivity index (χ1n) is 4.90. The molecular weight excluding hydrogens is 293 g/mol. The van der Waals surface area contributed by atoms with Crippen molar-refractivity contribution in [1.82, 2.24) is 10.7 Å². The minimum absolute atomic E-state index is 0.147. The van der Waals surface area contributed by atoms with E-state index >= 15 is 0 Å². The Morgan fingerprint density at radius 2 is 2.06 bits per heavy atom. The number of nitrogens with zero attached hydrogens (tertiary/aromatic N) is 1. The largest absolute Gasteiger partial charge is 0.505 e. The molecule has 1 aromatic carbocycles. The summed E-state index contributed by atoms with van der Waals surface area (Å²) < 4.78 is 0. The van der Waals surface area contributed by atoms with E-state index in [1.165, 1.54) is 18.3 Å². The standard InChI is InChI=1S/C11H11Cl2N3OS/c1-2-3-14-11(18)16-15-6-7-4-8(12)10(17)9(13)5-7/h2,4-6,17H,1,3H2,(H2,14,16,18). The fourth-order valence-electron chi connectivity index (χ4n) is 1.03. The van der Waals surface area contributed by atoms with Crippen molar-refractivity contribution >= 4 is 46.7 Å². The van der Waals surface area contributed by atoms with E-state index in [2.05, 4.69) is 22.4 Å². The zero-order valence-corrected chi connectivity index (χ0v) is 11.6. The molecule has 0 aliphatic heterocycles. The number of halogens is 2. The quantitative estimate of drug-likeness (QED) is 0.346. The molecule has 0 aliphatic rings. The summed E-state index contributed by atoms with van der Waals surface area (Å²) in [6.07, 6.45) is 3.16. The smallest absolute Gasteiger partial charge is 0.187 e. The van der Waals surface area contributed by atoms with Gasteiger partial charge in [0.25, 0.3) is 0 Å². The van der Waals surface area contributed by atoms with Crippen LogP contribution < -0.4 is 10.7 Å². The van der Waals surface area contributed by atoms with Crippen molar-refractivity contribution in [2.45, 2.75) is 0 Å². The van der Waals surface area contributed by atoms with Gasteiger partial charge in [-0.2, -0.15) is 5.10 Å². The van der Waals surface area contributed by atoms with Gasteiger partial charge in [0, 0.05) is 6.54 Å². The SMILES string of the molecule is C=CCNC(=S)NN=Cc1cc(Cl)c(O)c(Cl)c1. The first-order chi connectivity index (χ1) is 8.54. The van der Waals surface area contributed by atoms with Gasteiger partial charge in [0.15, 0.2) is 10.9 Å². The highest BCUT2D eigenvalue weighted by Gasteiger charge is 2.05. The van der Waals surface area contributed by atoms with Gasteiger partial charge < -0.3 is 10.4 Å². The van der Waals surface area contributed by atoms with Crippen LogP contribution in [0.15, 0.2) is 29.9 Å². The zero-order valence-electron chi connectivity index (χ0n) is 9.28. The van der Waals surface area contributed by atoms with Gasteiger partial charge in [-0.05, 0) is 29.9 Å². The number of rotatable bonds is 4. The van der Waals surface area contributed by atoms with Crippen molar-refractivity contribution in [2.24, 2.45) is 5.10 Å². The van der Waals surface area contributed by atoms with E-state index in [1.807, 2.05) is 0 Å². The summed E-state index contributed by atoms with van der Waals surface area (Å²) in [7, 11) is 0. The number of benzene rings is 1. The molecule has 0 saturated heterocycles. The molecule has 0 heterocycles. The van der Waals surface area contributed by atoms with Crippen LogP contribution in [0.2, 0.25) is 10.0 Å². The molecule has 0 atom stereocenters. The van der Waals surface area contributed by atoms with E-state index in [0.29, 0.717) is 17.2 Å². The van der Waals surface area contributed by atoms with Crippen LogP contribution in [0.5, 0.6) is 5.75 Å². The molecule has 96 valence electrons. The summed E-state index contributed by atoms with van der Waals surface area (Å²) in [6, 6.07) is 3.07. The van der Waals surface area contributed by atoms with Crippen LogP contribution in [-0.4, -0.2) is 23.0 Å². The lowest BCUT2D eigenvalue weighted by Crippen LogP contribution is -2.31. The maximum absolute atomic E-state index is 9.38. The number of aromatic hydroxyl groups is 1. The normalized spacial score (nSPS) is 10.3. The molecule has 0 amide bonds. The highest BCUT2D eigenvalue weighted by Crippen LogP contribution is 2.32. The second-order valence-corrected chi connectivity index (χ2v) is 4.42. The Kier molecular flexibility index (Phi) is 5.91. The van der Waals surface area contributed by atoms with Crippen molar-refractivity contribution in [3.8, 4) is 5.75 Å². The average Bonchev–Trinajstić information content (AvgIpc) is 2.33. The van der Waals surface area contributed by atoms with Gasteiger partial charge in [0.05, 0.1) is 16.3 Å². The molecule has 0 aromatic heterocycles. The molecule has 4 nitrogen and oxygen atoms in total. The molecule has 18 heavy (non-hydrogen) atoms. The maximum atomic E-state index is 9.38. The van der Waals surface area contributed by atoms with E-state index < -0.39 is 0 Å². The number of hydrogen-bond acceptors (Lipinski definition) is 3. The van der Waals surface area contributed by atoms with E-state index in [9.17, 15) is 5.11 Å². The molecule has 0 radical (unpaired) electrons. The predicted octanol–water partition coefficient (Wildman–Crippen LogP) is 2.68. The van der Waals surface area contributed by atoms with Gasteiger partial charge in [-0.1, -0.05) is 29.3 Å². The molecule has 3 N–H and O–H groups in total. The predicted molar refractivity (Wildman–Crippen MR) is 79.7 cm³/mol. The van der Waals surface area contributed by atoms with Crippen LogP contribution in [-0.2, 0) is 0 Å². The van der Waals surface area contributed by atoms with Crippen molar-refractivity contribution in [2.75, 3.05) is 6.54 Å². The van der Waals surface area contributed by atoms with Crippen LogP contribution in [0, 0.1) is 0 Å². The van der Waals surface area contributed by atoms with E-state index in [1.54, 1.807) is 6.08 Å². The lowest BCUT2D eigenvalue weighted by molar-refractivity contribution is 0.476. The molecule has 0 fully saturated rings. The van der Waals surface area contributed by atoms with Crippen LogP contribution in [0.25, 0.3) is 0 Å². The van der Waals surface area contributed by atoms with Crippen LogP contribution in [0.1, 0.15) is 5.56 Å². The molecule has 0 bridgehead atoms. The molecule has 0 unspecified atom stereocenters. The monoisotopic (exact) mass is 303 g/mol. The Bertz CT molecular complexity index is 468. The van der Waals surface area contributed by atoms with Crippen molar-refractivity contribution in [1.29, 1.82) is 0 Å². The Morgan fingerprint density at radius 3 is 2.61 bits per heavy atom. The van der Waals surface area contributed by atoms with Gasteiger partial charge >= 0.3 is 0 Å². The third kappa shape index (κ3) is 4.52. The van der Waals surface area contributed by atoms with Gasteiger partial charge in [-0.3, -0.25) is 5.43 Å². The second kappa shape index (κ2) is 7.20. The number of hydrazone groups is 1. The van der Waals surface area contributed by atoms with Crippen LogP contribution >= 0.6 is 35.4 Å². The zero-order chi connectivity index (χ0) is 13.5. The van der Waals surface area contributed by atoms with E-state index in [0.717, 1.165) is 0 Å². The summed E-state index contributed by atoms with van der Waals surface area (Å²) in [5.41, 5.74) is 3.25. The van der Waals surface area contributed by atoms with Crippen molar-refractivity contribution in [3.63, 3.8) is 0 Å². The number of phenolic OH excluding ortho intramolecular Hbond substituents is 1. The fourth-order valence-corrected chi connectivity index (χ4v) is 1.67. The minimum atomic E-state index is -0.147. The summed E-state index contributed by atoms with van der Waals surface area (Å²) in [4.78, 5) is 0. The number of phenols is 1. The first kappa shape index (κ1) is 14.8. The third-order valence-corrected chi connectivity index (χ3v) is 2.64. The highest BCUT2D eigenvalue weighted by atomic mass is 35.5. The molecule has 1 aromatic rings. The van der Waals surface area contributed by atoms with Crippen molar-refractivity contribution in [3.05, 3.63) is 40.4 Å². The summed E-state index contributed by atoms with van der Waals surface area (Å²) in [5, 5.41) is 16.8. The number of hydrogen-bond donors (Lipinski definition) is 3. The second-order valence-electron chi connectivity index (χ2n) is 3.20. The topological polar surface area (TPSA) is 56.7 Å². The molecule has 0 spiro atoms. The first-order valence-corrected chi connectivity index (χ1v) is 6.07. The summed E-state index contributed by atoms with van der Waals surface area (Å²) in [5.74, 6) is -0.147. The van der Waals surface area contributed by atoms with Crippen LogP contribution in [0.3, 0.4) is 0 Å².